The first-order valence-corrected chi connectivity index (χ1v) is 10.3. The van der Waals surface area contributed by atoms with Crippen LogP contribution in [-0.2, 0) is 5.41 Å². The highest BCUT2D eigenvalue weighted by Gasteiger charge is 2.38. The molecular formula is C20H20ClFN2O2S. The van der Waals surface area contributed by atoms with E-state index in [1.54, 1.807) is 17.8 Å². The highest BCUT2D eigenvalue weighted by molar-refractivity contribution is 8.13. The lowest BCUT2D eigenvalue weighted by atomic mass is 9.82. The number of amidine groups is 1. The number of aliphatic imine (C=N–C) groups is 1. The Balaban J connectivity index is 1.57. The predicted octanol–water partition coefficient (Wildman–Crippen LogP) is 5.22. The third-order valence-corrected chi connectivity index (χ3v) is 6.12. The molecule has 0 radical (unpaired) electrons. The molecule has 2 aliphatic heterocycles. The number of nitrogens with zero attached hydrogens (tertiary/aromatic N) is 2. The summed E-state index contributed by atoms with van der Waals surface area (Å²) in [7, 11) is 0. The molecule has 27 heavy (non-hydrogen) atoms. The smallest absolute Gasteiger partial charge is 0.231 e. The average Bonchev–Trinajstić information content (AvgIpc) is 3.26. The maximum absolute atomic E-state index is 13.4. The molecule has 0 saturated carbocycles. The Morgan fingerprint density at radius 2 is 2.04 bits per heavy atom. The van der Waals surface area contributed by atoms with Crippen LogP contribution in [0.2, 0.25) is 5.02 Å². The van der Waals surface area contributed by atoms with Crippen LogP contribution in [0, 0.1) is 5.82 Å². The molecule has 142 valence electrons. The van der Waals surface area contributed by atoms with E-state index in [1.807, 2.05) is 24.5 Å². The summed E-state index contributed by atoms with van der Waals surface area (Å²) in [4.78, 5) is 7.07. The monoisotopic (exact) mass is 406 g/mol. The summed E-state index contributed by atoms with van der Waals surface area (Å²) in [5.74, 6) is 1.16. The number of thioether (sulfide) groups is 1. The van der Waals surface area contributed by atoms with Gasteiger partial charge in [0.05, 0.1) is 5.69 Å². The number of hydrogen-bond acceptors (Lipinski definition) is 4. The average molecular weight is 407 g/mol. The minimum Gasteiger partial charge on any atom is -0.454 e. The van der Waals surface area contributed by atoms with Crippen LogP contribution in [0.15, 0.2) is 41.4 Å². The van der Waals surface area contributed by atoms with Crippen LogP contribution in [0.5, 0.6) is 11.5 Å². The van der Waals surface area contributed by atoms with Crippen LogP contribution in [-0.4, -0.2) is 36.2 Å². The van der Waals surface area contributed by atoms with Gasteiger partial charge in [0.25, 0.3) is 0 Å². The van der Waals surface area contributed by atoms with Crippen molar-refractivity contribution in [1.82, 2.24) is 4.90 Å². The lowest BCUT2D eigenvalue weighted by Crippen LogP contribution is -2.31. The van der Waals surface area contributed by atoms with Crippen molar-refractivity contribution in [1.29, 1.82) is 0 Å². The normalized spacial score (nSPS) is 21.8. The molecule has 0 aromatic heterocycles. The zero-order valence-electron chi connectivity index (χ0n) is 15.2. The van der Waals surface area contributed by atoms with Crippen LogP contribution in [0.25, 0.3) is 0 Å². The minimum atomic E-state index is -0.309. The van der Waals surface area contributed by atoms with Crippen LogP contribution < -0.4 is 9.47 Å². The third kappa shape index (κ3) is 3.60. The Bertz CT molecular complexity index is 908. The first-order valence-electron chi connectivity index (χ1n) is 8.71. The lowest BCUT2D eigenvalue weighted by molar-refractivity contribution is 0.174. The molecule has 1 saturated heterocycles. The lowest BCUT2D eigenvalue weighted by Gasteiger charge is -2.27. The number of rotatable bonds is 2. The van der Waals surface area contributed by atoms with Crippen LogP contribution in [0.1, 0.15) is 18.9 Å². The first kappa shape index (κ1) is 18.4. The summed E-state index contributed by atoms with van der Waals surface area (Å²) < 4.78 is 24.2. The molecule has 1 atom stereocenters. The van der Waals surface area contributed by atoms with Crippen molar-refractivity contribution in [2.75, 3.05) is 26.1 Å². The van der Waals surface area contributed by atoms with Gasteiger partial charge in [0, 0.05) is 29.6 Å². The second kappa shape index (κ2) is 7.24. The van der Waals surface area contributed by atoms with Gasteiger partial charge in [0.2, 0.25) is 6.79 Å². The Morgan fingerprint density at radius 1 is 1.22 bits per heavy atom. The Kier molecular flexibility index (Phi) is 4.95. The molecule has 4 rings (SSSR count). The molecular weight excluding hydrogens is 387 g/mol. The maximum atomic E-state index is 13.4. The summed E-state index contributed by atoms with van der Waals surface area (Å²) in [5.41, 5.74) is 1.67. The van der Waals surface area contributed by atoms with Gasteiger partial charge >= 0.3 is 0 Å². The van der Waals surface area contributed by atoms with Crippen molar-refractivity contribution in [3.05, 3.63) is 52.8 Å². The van der Waals surface area contributed by atoms with E-state index in [9.17, 15) is 4.39 Å². The van der Waals surface area contributed by atoms with Gasteiger partial charge in [0.15, 0.2) is 16.7 Å². The third-order valence-electron chi connectivity index (χ3n) is 5.09. The van der Waals surface area contributed by atoms with Crippen molar-refractivity contribution < 1.29 is 13.9 Å². The first-order chi connectivity index (χ1) is 13.0. The van der Waals surface area contributed by atoms with E-state index in [0.29, 0.717) is 5.02 Å². The largest absolute Gasteiger partial charge is 0.454 e. The minimum absolute atomic E-state index is 0.143. The van der Waals surface area contributed by atoms with Crippen molar-refractivity contribution in [3.63, 3.8) is 0 Å². The summed E-state index contributed by atoms with van der Waals surface area (Å²) in [6.45, 7) is 4.07. The Morgan fingerprint density at radius 3 is 2.81 bits per heavy atom. The van der Waals surface area contributed by atoms with Gasteiger partial charge in [-0.3, -0.25) is 0 Å². The van der Waals surface area contributed by atoms with Gasteiger partial charge in [0.1, 0.15) is 5.82 Å². The van der Waals surface area contributed by atoms with Crippen LogP contribution >= 0.6 is 23.4 Å². The van der Waals surface area contributed by atoms with Gasteiger partial charge in [-0.15, -0.1) is 0 Å². The number of hydrogen-bond donors (Lipinski definition) is 0. The van der Waals surface area contributed by atoms with Crippen molar-refractivity contribution in [3.8, 4) is 11.5 Å². The van der Waals surface area contributed by atoms with E-state index in [4.69, 9.17) is 26.1 Å². The van der Waals surface area contributed by atoms with Gasteiger partial charge in [-0.2, -0.15) is 0 Å². The van der Waals surface area contributed by atoms with Crippen molar-refractivity contribution in [2.45, 2.75) is 18.8 Å². The van der Waals surface area contributed by atoms with Gasteiger partial charge in [-0.25, -0.2) is 9.38 Å². The van der Waals surface area contributed by atoms with Gasteiger partial charge in [-0.1, -0.05) is 36.4 Å². The molecule has 0 bridgehead atoms. The van der Waals surface area contributed by atoms with Gasteiger partial charge < -0.3 is 14.4 Å². The molecule has 4 nitrogen and oxygen atoms in total. The Hall–Kier alpha value is -1.92. The maximum Gasteiger partial charge on any atom is 0.231 e. The fourth-order valence-electron chi connectivity index (χ4n) is 3.63. The second-order valence-corrected chi connectivity index (χ2v) is 8.17. The van der Waals surface area contributed by atoms with Crippen LogP contribution in [0.3, 0.4) is 0 Å². The van der Waals surface area contributed by atoms with E-state index < -0.39 is 0 Å². The molecule has 0 N–H and O–H groups in total. The summed E-state index contributed by atoms with van der Waals surface area (Å²) in [6.07, 6.45) is 2.95. The molecule has 0 unspecified atom stereocenters. The van der Waals surface area contributed by atoms with E-state index in [0.717, 1.165) is 47.4 Å². The molecule has 2 aromatic rings. The van der Waals surface area contributed by atoms with Gasteiger partial charge in [-0.05, 0) is 42.5 Å². The fraction of sp³-hybridized carbons (Fsp3) is 0.350. The number of ether oxygens (including phenoxy) is 2. The SMILES string of the molecule is CS/C(=N/c1ccc2c(c1)OCO2)N1CC[C@@](C)(c2ccc(F)cc2Cl)C1. The molecule has 7 heteroatoms. The topological polar surface area (TPSA) is 34.1 Å². The molecule has 0 aliphatic carbocycles. The zero-order chi connectivity index (χ0) is 19.0. The summed E-state index contributed by atoms with van der Waals surface area (Å²) in [5, 5.41) is 1.42. The van der Waals surface area contributed by atoms with E-state index >= 15 is 0 Å². The number of halogens is 2. The molecule has 2 aliphatic rings. The Labute approximate surface area is 167 Å². The molecule has 2 aromatic carbocycles. The highest BCUT2D eigenvalue weighted by atomic mass is 35.5. The van der Waals surface area contributed by atoms with Crippen molar-refractivity contribution in [2.24, 2.45) is 4.99 Å². The van der Waals surface area contributed by atoms with E-state index in [1.165, 1.54) is 12.1 Å². The molecule has 1 fully saturated rings. The van der Waals surface area contributed by atoms with Crippen LogP contribution in [0.4, 0.5) is 10.1 Å². The second-order valence-electron chi connectivity index (χ2n) is 6.99. The number of likely N-dealkylation sites (tertiary alicyclic amines) is 1. The van der Waals surface area contributed by atoms with Crippen molar-refractivity contribution >= 4 is 34.2 Å². The fourth-order valence-corrected chi connectivity index (χ4v) is 4.64. The summed E-state index contributed by atoms with van der Waals surface area (Å²) >= 11 is 7.93. The van der Waals surface area contributed by atoms with E-state index in [-0.39, 0.29) is 18.0 Å². The summed E-state index contributed by atoms with van der Waals surface area (Å²) in [6, 6.07) is 10.4. The quantitative estimate of drug-likeness (QED) is 0.505. The predicted molar refractivity (Wildman–Crippen MR) is 108 cm³/mol. The molecule has 0 amide bonds. The number of fused-ring (bicyclic) bond motifs is 1. The molecule has 0 spiro atoms. The number of benzene rings is 2. The zero-order valence-corrected chi connectivity index (χ0v) is 16.7. The molecule has 2 heterocycles. The van der Waals surface area contributed by atoms with E-state index in [2.05, 4.69) is 11.8 Å². The highest BCUT2D eigenvalue weighted by Crippen LogP contribution is 2.40. The standard InChI is InChI=1S/C20H20ClFN2O2S/c1-20(15-5-3-13(22)9-16(15)21)7-8-24(11-20)19(27-2)23-14-4-6-17-18(10-14)26-12-25-17/h3-6,9-10H,7-8,11-12H2,1-2H3/b23-19+/t20-/m1/s1.